The molecule has 0 nitrogen and oxygen atoms in total. The predicted octanol–water partition coefficient (Wildman–Crippen LogP) is -3.44. The zero-order chi connectivity index (χ0) is 6.69. The first-order valence-corrected chi connectivity index (χ1v) is 4.67. The van der Waals surface area contributed by atoms with Crippen LogP contribution in [0, 0.1) is 0 Å². The van der Waals surface area contributed by atoms with Gasteiger partial charge in [-0.3, -0.25) is 0 Å². The second kappa shape index (κ2) is 7.58. The molecule has 11 heavy (non-hydrogen) atoms. The molecule has 0 N–H and O–H groups in total. The molecule has 0 bridgehead atoms. The summed E-state index contributed by atoms with van der Waals surface area (Å²) in [5, 5.41) is 0. The minimum Gasteiger partial charge on any atom is -1.00 e. The Hall–Kier alpha value is 0.943. The predicted molar refractivity (Wildman–Crippen MR) is 35.7 cm³/mol. The number of allylic oxidation sites excluding steroid dienone is 4. The topological polar surface area (TPSA) is 0 Å². The summed E-state index contributed by atoms with van der Waals surface area (Å²) < 4.78 is 1.60. The van der Waals surface area contributed by atoms with Crippen LogP contribution in [-0.4, -0.2) is 0 Å². The van der Waals surface area contributed by atoms with Crippen molar-refractivity contribution in [2.45, 2.75) is 26.2 Å². The van der Waals surface area contributed by atoms with Gasteiger partial charge in [-0.25, -0.2) is 0 Å². The molecule has 0 heterocycles. The molecule has 0 atom stereocenters. The van der Waals surface area contributed by atoms with E-state index in [1.807, 2.05) is 0 Å². The van der Waals surface area contributed by atoms with Crippen molar-refractivity contribution in [2.75, 3.05) is 0 Å². The van der Waals surface area contributed by atoms with Crippen LogP contribution in [0.2, 0.25) is 0 Å². The SMILES string of the molecule is CCCC1=CC[C]([Zr+2])=C1.[Cl-].[Cl-]. The number of halogens is 2. The maximum Gasteiger partial charge on any atom is -1.00 e. The van der Waals surface area contributed by atoms with Gasteiger partial charge in [-0.2, -0.15) is 0 Å². The van der Waals surface area contributed by atoms with Crippen molar-refractivity contribution in [1.82, 2.24) is 0 Å². The third kappa shape index (κ3) is 5.22. The Labute approximate surface area is 96.2 Å². The summed E-state index contributed by atoms with van der Waals surface area (Å²) in [6.45, 7) is 2.23. The van der Waals surface area contributed by atoms with Crippen LogP contribution in [0.1, 0.15) is 26.2 Å². The summed E-state index contributed by atoms with van der Waals surface area (Å²) in [4.78, 5) is 0. The van der Waals surface area contributed by atoms with Crippen LogP contribution in [0.5, 0.6) is 0 Å². The van der Waals surface area contributed by atoms with Crippen LogP contribution >= 0.6 is 0 Å². The average Bonchev–Trinajstić information content (AvgIpc) is 2.17. The molecule has 0 saturated heterocycles. The van der Waals surface area contributed by atoms with Crippen LogP contribution in [0.15, 0.2) is 21.0 Å². The van der Waals surface area contributed by atoms with Gasteiger partial charge in [0, 0.05) is 0 Å². The second-order valence-corrected chi connectivity index (χ2v) is 3.98. The first kappa shape index (κ1) is 14.5. The minimum absolute atomic E-state index is 0. The quantitative estimate of drug-likeness (QED) is 0.489. The smallest absolute Gasteiger partial charge is 1.00 e. The number of hydrogen-bond donors (Lipinski definition) is 0. The fraction of sp³-hybridized carbons (Fsp3) is 0.500. The molecule has 0 spiro atoms. The van der Waals surface area contributed by atoms with E-state index >= 15 is 0 Å². The molecule has 0 aliphatic heterocycles. The van der Waals surface area contributed by atoms with E-state index in [1.54, 1.807) is 33.6 Å². The summed E-state index contributed by atoms with van der Waals surface area (Å²) in [6, 6.07) is 0. The summed E-state index contributed by atoms with van der Waals surface area (Å²) in [7, 11) is 0. The molecule has 0 fully saturated rings. The molecule has 1 aliphatic carbocycles. The molecule has 3 heteroatoms. The van der Waals surface area contributed by atoms with E-state index in [0.29, 0.717) is 0 Å². The van der Waals surface area contributed by atoms with Gasteiger partial charge in [-0.15, -0.1) is 0 Å². The molecule has 0 aromatic carbocycles. The monoisotopic (exact) mass is 267 g/mol. The van der Waals surface area contributed by atoms with E-state index in [-0.39, 0.29) is 24.8 Å². The fourth-order valence-corrected chi connectivity index (χ4v) is 1.75. The van der Waals surface area contributed by atoms with E-state index < -0.39 is 0 Å². The van der Waals surface area contributed by atoms with Gasteiger partial charge in [0.1, 0.15) is 0 Å². The molecule has 0 aromatic rings. The summed E-state index contributed by atoms with van der Waals surface area (Å²) in [6.07, 6.45) is 8.49. The van der Waals surface area contributed by atoms with E-state index in [0.717, 1.165) is 0 Å². The summed E-state index contributed by atoms with van der Waals surface area (Å²) >= 11 is 1.59. The van der Waals surface area contributed by atoms with E-state index in [9.17, 15) is 0 Å². The van der Waals surface area contributed by atoms with Gasteiger partial charge in [0.25, 0.3) is 0 Å². The molecular weight excluding hydrogens is 258 g/mol. The van der Waals surface area contributed by atoms with E-state index in [2.05, 4.69) is 19.1 Å². The van der Waals surface area contributed by atoms with Gasteiger partial charge in [-0.1, -0.05) is 0 Å². The van der Waals surface area contributed by atoms with Gasteiger partial charge >= 0.3 is 71.9 Å². The Bertz CT molecular complexity index is 161. The Kier molecular flexibility index (Phi) is 9.97. The Morgan fingerprint density at radius 3 is 2.45 bits per heavy atom. The summed E-state index contributed by atoms with van der Waals surface area (Å²) in [5.74, 6) is 0. The molecule has 1 aliphatic rings. The van der Waals surface area contributed by atoms with Crippen molar-refractivity contribution >= 4 is 0 Å². The van der Waals surface area contributed by atoms with Crippen LogP contribution in [0.4, 0.5) is 0 Å². The zero-order valence-electron chi connectivity index (χ0n) is 6.53. The largest absolute Gasteiger partial charge is 1.00 e. The van der Waals surface area contributed by atoms with Gasteiger partial charge in [0.2, 0.25) is 0 Å². The molecular formula is C8H11Cl2Zr. The van der Waals surface area contributed by atoms with Crippen molar-refractivity contribution in [2.24, 2.45) is 0 Å². The van der Waals surface area contributed by atoms with Crippen LogP contribution in [0.3, 0.4) is 0 Å². The maximum atomic E-state index is 2.35. The van der Waals surface area contributed by atoms with Crippen molar-refractivity contribution in [3.8, 4) is 0 Å². The molecule has 0 amide bonds. The van der Waals surface area contributed by atoms with Gasteiger partial charge in [0.05, 0.1) is 0 Å². The van der Waals surface area contributed by atoms with Crippen molar-refractivity contribution in [3.63, 3.8) is 0 Å². The third-order valence-electron chi connectivity index (χ3n) is 1.48. The van der Waals surface area contributed by atoms with Gasteiger partial charge in [-0.05, 0) is 0 Å². The van der Waals surface area contributed by atoms with Gasteiger partial charge in [0.15, 0.2) is 0 Å². The normalized spacial score (nSPS) is 14.5. The minimum atomic E-state index is 0. The number of rotatable bonds is 2. The first-order valence-electron chi connectivity index (χ1n) is 3.44. The molecule has 0 radical (unpaired) electrons. The Morgan fingerprint density at radius 2 is 2.09 bits per heavy atom. The average molecular weight is 269 g/mol. The summed E-state index contributed by atoms with van der Waals surface area (Å²) in [5.41, 5.74) is 1.56. The van der Waals surface area contributed by atoms with Crippen molar-refractivity contribution in [1.29, 1.82) is 0 Å². The second-order valence-electron chi connectivity index (χ2n) is 2.40. The first-order chi connectivity index (χ1) is 4.33. The molecule has 0 saturated carbocycles. The molecule has 61 valence electrons. The van der Waals surface area contributed by atoms with Crippen LogP contribution < -0.4 is 24.8 Å². The van der Waals surface area contributed by atoms with Gasteiger partial charge < -0.3 is 24.8 Å². The molecule has 0 unspecified atom stereocenters. The maximum absolute atomic E-state index is 2.35. The fourth-order valence-electron chi connectivity index (χ4n) is 1.05. The van der Waals surface area contributed by atoms with Crippen molar-refractivity contribution in [3.05, 3.63) is 21.0 Å². The van der Waals surface area contributed by atoms with E-state index in [1.165, 1.54) is 19.3 Å². The van der Waals surface area contributed by atoms with Crippen LogP contribution in [-0.2, 0) is 24.7 Å². The molecule has 0 aromatic heterocycles. The standard InChI is InChI=1S/C8H11.2ClH.Zr/c1-2-5-8-6-3-4-7-8;;;/h6-7H,2-3,5H2,1H3;2*1H;/q;;;+2/p-2. The van der Waals surface area contributed by atoms with Crippen molar-refractivity contribution < 1.29 is 49.5 Å². The van der Waals surface area contributed by atoms with E-state index in [4.69, 9.17) is 0 Å². The molecule has 1 rings (SSSR count). The Morgan fingerprint density at radius 1 is 1.45 bits per heavy atom. The zero-order valence-corrected chi connectivity index (χ0v) is 10.5. The number of hydrogen-bond acceptors (Lipinski definition) is 0. The Balaban J connectivity index is 0. The third-order valence-corrected chi connectivity index (χ3v) is 2.34. The van der Waals surface area contributed by atoms with Crippen LogP contribution in [0.25, 0.3) is 0 Å².